The van der Waals surface area contributed by atoms with E-state index in [4.69, 9.17) is 21.1 Å². The van der Waals surface area contributed by atoms with E-state index in [0.717, 1.165) is 10.8 Å². The van der Waals surface area contributed by atoms with Gasteiger partial charge in [-0.15, -0.1) is 0 Å². The Morgan fingerprint density at radius 2 is 1.58 bits per heavy atom. The molecule has 0 aliphatic carbocycles. The molecule has 0 unspecified atom stereocenters. The number of hydrazone groups is 1. The molecule has 0 saturated carbocycles. The van der Waals surface area contributed by atoms with Crippen LogP contribution in [0.5, 0.6) is 11.5 Å². The molecule has 0 spiro atoms. The lowest BCUT2D eigenvalue weighted by molar-refractivity contribution is -0.123. The minimum Gasteiger partial charge on any atom is -0.483 e. The molecular weight excluding hydrogens is 485 g/mol. The Balaban J connectivity index is 1.25. The van der Waals surface area contributed by atoms with Crippen LogP contribution in [0.15, 0.2) is 90.0 Å². The average molecular weight is 506 g/mol. The van der Waals surface area contributed by atoms with Gasteiger partial charge < -0.3 is 14.8 Å². The van der Waals surface area contributed by atoms with Gasteiger partial charge >= 0.3 is 0 Å². The van der Waals surface area contributed by atoms with Gasteiger partial charge in [0.1, 0.15) is 17.3 Å². The van der Waals surface area contributed by atoms with Crippen molar-refractivity contribution in [3.63, 3.8) is 0 Å². The standard InChI is InChI=1S/C27H21ClFN3O4/c28-21-14-18(12-13-25(21)36-16-26(33)31-23-10-4-3-9-22(23)29)15-30-32-27(34)17-35-24-11-5-7-19-6-1-2-8-20(19)24/h1-15H,16-17H2,(H,31,33)(H,32,34)/b30-15+. The molecular formula is C27H21ClFN3O4. The first-order valence-electron chi connectivity index (χ1n) is 10.9. The second-order valence-corrected chi connectivity index (χ2v) is 7.97. The first-order valence-corrected chi connectivity index (χ1v) is 11.3. The maximum atomic E-state index is 13.6. The van der Waals surface area contributed by atoms with Gasteiger partial charge in [-0.3, -0.25) is 9.59 Å². The summed E-state index contributed by atoms with van der Waals surface area (Å²) in [6.45, 7) is -0.553. The number of fused-ring (bicyclic) bond motifs is 1. The van der Waals surface area contributed by atoms with E-state index in [1.807, 2.05) is 36.4 Å². The Morgan fingerprint density at radius 1 is 0.861 bits per heavy atom. The summed E-state index contributed by atoms with van der Waals surface area (Å²) in [4.78, 5) is 24.1. The van der Waals surface area contributed by atoms with Crippen LogP contribution >= 0.6 is 11.6 Å². The number of para-hydroxylation sites is 1. The molecule has 4 aromatic carbocycles. The molecule has 2 N–H and O–H groups in total. The van der Waals surface area contributed by atoms with Crippen molar-refractivity contribution >= 4 is 46.1 Å². The molecule has 182 valence electrons. The molecule has 7 nitrogen and oxygen atoms in total. The Morgan fingerprint density at radius 3 is 2.42 bits per heavy atom. The summed E-state index contributed by atoms with van der Waals surface area (Å²) >= 11 is 6.22. The number of nitrogens with one attached hydrogen (secondary N) is 2. The van der Waals surface area contributed by atoms with Crippen LogP contribution in [-0.2, 0) is 9.59 Å². The van der Waals surface area contributed by atoms with Crippen molar-refractivity contribution in [3.05, 3.63) is 101 Å². The Kier molecular flexibility index (Phi) is 8.10. The summed E-state index contributed by atoms with van der Waals surface area (Å²) in [5, 5.41) is 8.51. The molecule has 4 aromatic rings. The van der Waals surface area contributed by atoms with E-state index in [1.165, 1.54) is 24.4 Å². The summed E-state index contributed by atoms with van der Waals surface area (Å²) in [5.41, 5.74) is 3.06. The maximum absolute atomic E-state index is 13.6. The number of amides is 2. The molecule has 0 saturated heterocycles. The molecule has 0 atom stereocenters. The topological polar surface area (TPSA) is 89.0 Å². The highest BCUT2D eigenvalue weighted by Crippen LogP contribution is 2.26. The van der Waals surface area contributed by atoms with Gasteiger partial charge in [0.2, 0.25) is 0 Å². The summed E-state index contributed by atoms with van der Waals surface area (Å²) < 4.78 is 24.7. The monoisotopic (exact) mass is 505 g/mol. The summed E-state index contributed by atoms with van der Waals surface area (Å²) in [6, 6.07) is 24.0. The van der Waals surface area contributed by atoms with E-state index in [1.54, 1.807) is 30.3 Å². The number of rotatable bonds is 9. The molecule has 4 rings (SSSR count). The lowest BCUT2D eigenvalue weighted by atomic mass is 10.1. The fraction of sp³-hybridized carbons (Fsp3) is 0.0741. The first kappa shape index (κ1) is 24.7. The van der Waals surface area contributed by atoms with Gasteiger partial charge in [-0.1, -0.05) is 60.1 Å². The van der Waals surface area contributed by atoms with Crippen molar-refractivity contribution in [2.24, 2.45) is 5.10 Å². The van der Waals surface area contributed by atoms with E-state index in [9.17, 15) is 14.0 Å². The predicted molar refractivity (Wildman–Crippen MR) is 137 cm³/mol. The van der Waals surface area contributed by atoms with Crippen LogP contribution in [0.4, 0.5) is 10.1 Å². The third-order valence-electron chi connectivity index (χ3n) is 4.97. The van der Waals surface area contributed by atoms with Crippen molar-refractivity contribution in [1.82, 2.24) is 5.43 Å². The first-order chi connectivity index (χ1) is 17.5. The number of carbonyl (C=O) groups is 2. The lowest BCUT2D eigenvalue weighted by Gasteiger charge is -2.10. The molecule has 0 radical (unpaired) electrons. The number of benzene rings is 4. The lowest BCUT2D eigenvalue weighted by Crippen LogP contribution is -2.24. The van der Waals surface area contributed by atoms with Crippen molar-refractivity contribution in [2.75, 3.05) is 18.5 Å². The van der Waals surface area contributed by atoms with Gasteiger partial charge in [-0.2, -0.15) is 5.10 Å². The number of halogens is 2. The summed E-state index contributed by atoms with van der Waals surface area (Å²) in [7, 11) is 0. The van der Waals surface area contributed by atoms with Crippen LogP contribution in [0.3, 0.4) is 0 Å². The number of anilines is 1. The second kappa shape index (κ2) is 11.8. The molecule has 0 aliphatic rings. The van der Waals surface area contributed by atoms with Crippen LogP contribution in [0, 0.1) is 5.82 Å². The molecule has 36 heavy (non-hydrogen) atoms. The zero-order valence-corrected chi connectivity index (χ0v) is 19.7. The van der Waals surface area contributed by atoms with Gasteiger partial charge in [0.15, 0.2) is 13.2 Å². The Hall–Kier alpha value is -4.43. The van der Waals surface area contributed by atoms with Gasteiger partial charge in [0, 0.05) is 5.39 Å². The van der Waals surface area contributed by atoms with Crippen molar-refractivity contribution in [3.8, 4) is 11.5 Å². The number of carbonyl (C=O) groups excluding carboxylic acids is 2. The highest BCUT2D eigenvalue weighted by molar-refractivity contribution is 6.32. The predicted octanol–water partition coefficient (Wildman–Crippen LogP) is 5.18. The third kappa shape index (κ3) is 6.58. The van der Waals surface area contributed by atoms with Gasteiger partial charge in [-0.05, 0) is 47.3 Å². The fourth-order valence-electron chi connectivity index (χ4n) is 3.28. The highest BCUT2D eigenvalue weighted by Gasteiger charge is 2.09. The molecule has 0 fully saturated rings. The van der Waals surface area contributed by atoms with Crippen LogP contribution in [0.25, 0.3) is 10.8 Å². The molecule has 0 heterocycles. The average Bonchev–Trinajstić information content (AvgIpc) is 2.88. The van der Waals surface area contributed by atoms with Gasteiger partial charge in [0.25, 0.3) is 11.8 Å². The van der Waals surface area contributed by atoms with E-state index in [-0.39, 0.29) is 29.7 Å². The summed E-state index contributed by atoms with van der Waals surface area (Å²) in [6.07, 6.45) is 1.41. The Bertz CT molecular complexity index is 1420. The molecule has 9 heteroatoms. The molecule has 0 bridgehead atoms. The molecule has 2 amide bonds. The zero-order valence-electron chi connectivity index (χ0n) is 18.9. The number of ether oxygens (including phenoxy) is 2. The van der Waals surface area contributed by atoms with Crippen molar-refractivity contribution < 1.29 is 23.5 Å². The van der Waals surface area contributed by atoms with Crippen molar-refractivity contribution in [1.29, 1.82) is 0 Å². The maximum Gasteiger partial charge on any atom is 0.277 e. The van der Waals surface area contributed by atoms with Crippen LogP contribution in [0.2, 0.25) is 5.02 Å². The van der Waals surface area contributed by atoms with E-state index < -0.39 is 17.6 Å². The smallest absolute Gasteiger partial charge is 0.277 e. The summed E-state index contributed by atoms with van der Waals surface area (Å²) in [5.74, 6) is -0.622. The number of hydrogen-bond donors (Lipinski definition) is 2. The van der Waals surface area contributed by atoms with E-state index in [0.29, 0.717) is 11.3 Å². The van der Waals surface area contributed by atoms with E-state index >= 15 is 0 Å². The fourth-order valence-corrected chi connectivity index (χ4v) is 3.53. The quantitative estimate of drug-likeness (QED) is 0.242. The largest absolute Gasteiger partial charge is 0.483 e. The van der Waals surface area contributed by atoms with Gasteiger partial charge in [-0.25, -0.2) is 9.82 Å². The SMILES string of the molecule is O=C(COc1cccc2ccccc12)N/N=C/c1ccc(OCC(=O)Nc2ccccc2F)c(Cl)c1. The molecule has 0 aromatic heterocycles. The molecule has 0 aliphatic heterocycles. The minimum absolute atomic E-state index is 0.0633. The second-order valence-electron chi connectivity index (χ2n) is 7.57. The zero-order chi connectivity index (χ0) is 25.3. The number of nitrogens with zero attached hydrogens (tertiary/aromatic N) is 1. The highest BCUT2D eigenvalue weighted by atomic mass is 35.5. The van der Waals surface area contributed by atoms with Crippen LogP contribution in [0.1, 0.15) is 5.56 Å². The van der Waals surface area contributed by atoms with Crippen LogP contribution in [-0.4, -0.2) is 31.2 Å². The van der Waals surface area contributed by atoms with Crippen LogP contribution < -0.4 is 20.2 Å². The van der Waals surface area contributed by atoms with E-state index in [2.05, 4.69) is 15.8 Å². The Labute approximate surface area is 211 Å². The van der Waals surface area contributed by atoms with Crippen molar-refractivity contribution in [2.45, 2.75) is 0 Å². The van der Waals surface area contributed by atoms with Gasteiger partial charge in [0.05, 0.1) is 16.9 Å². The normalized spacial score (nSPS) is 10.8. The minimum atomic E-state index is -0.542. The third-order valence-corrected chi connectivity index (χ3v) is 5.27. The number of hydrogen-bond acceptors (Lipinski definition) is 5.